The Morgan fingerprint density at radius 3 is 2.74 bits per heavy atom. The number of fused-ring (bicyclic) bond motifs is 1. The molecule has 6 heteroatoms. The second-order valence-electron chi connectivity index (χ2n) is 5.59. The molecule has 0 bridgehead atoms. The molecule has 1 aliphatic rings. The summed E-state index contributed by atoms with van der Waals surface area (Å²) in [5.41, 5.74) is 1.99. The third-order valence-electron chi connectivity index (χ3n) is 4.11. The van der Waals surface area contributed by atoms with E-state index in [0.717, 1.165) is 12.0 Å². The van der Waals surface area contributed by atoms with Crippen LogP contribution in [0.25, 0.3) is 10.9 Å². The molecule has 23 heavy (non-hydrogen) atoms. The van der Waals surface area contributed by atoms with Crippen molar-refractivity contribution < 1.29 is 9.18 Å². The lowest BCUT2D eigenvalue weighted by Crippen LogP contribution is -2.15. The van der Waals surface area contributed by atoms with Crippen LogP contribution in [0.1, 0.15) is 28.3 Å². The molecule has 1 aliphatic carbocycles. The SMILES string of the molecule is O=C(c1ccccc1C1CC1Cl)n1nc(I)c2c(F)cccc21. The Bertz CT molecular complexity index is 939. The van der Waals surface area contributed by atoms with Crippen LogP contribution in [0, 0.1) is 9.52 Å². The van der Waals surface area contributed by atoms with Crippen molar-refractivity contribution in [3.8, 4) is 0 Å². The minimum absolute atomic E-state index is 0.0795. The fourth-order valence-corrected chi connectivity index (χ4v) is 3.93. The van der Waals surface area contributed by atoms with Crippen LogP contribution in [0.3, 0.4) is 0 Å². The van der Waals surface area contributed by atoms with Crippen molar-refractivity contribution in [1.82, 2.24) is 9.78 Å². The zero-order valence-electron chi connectivity index (χ0n) is 11.8. The Morgan fingerprint density at radius 1 is 1.26 bits per heavy atom. The minimum Gasteiger partial charge on any atom is -0.267 e. The van der Waals surface area contributed by atoms with Gasteiger partial charge in [-0.2, -0.15) is 9.78 Å². The van der Waals surface area contributed by atoms with E-state index < -0.39 is 0 Å². The summed E-state index contributed by atoms with van der Waals surface area (Å²) in [6, 6.07) is 12.1. The molecule has 1 aromatic heterocycles. The maximum atomic E-state index is 14.0. The van der Waals surface area contributed by atoms with Crippen LogP contribution in [-0.4, -0.2) is 21.1 Å². The molecule has 3 aromatic rings. The van der Waals surface area contributed by atoms with Crippen LogP contribution in [0.4, 0.5) is 4.39 Å². The molecule has 0 amide bonds. The number of nitrogens with zero attached hydrogens (tertiary/aromatic N) is 2. The summed E-state index contributed by atoms with van der Waals surface area (Å²) in [4.78, 5) is 13.0. The van der Waals surface area contributed by atoms with Crippen molar-refractivity contribution in [1.29, 1.82) is 0 Å². The van der Waals surface area contributed by atoms with Gasteiger partial charge in [-0.3, -0.25) is 4.79 Å². The van der Waals surface area contributed by atoms with E-state index in [2.05, 4.69) is 5.10 Å². The molecule has 0 aliphatic heterocycles. The van der Waals surface area contributed by atoms with Gasteiger partial charge in [-0.15, -0.1) is 11.6 Å². The number of benzene rings is 2. The molecule has 2 atom stereocenters. The summed E-state index contributed by atoms with van der Waals surface area (Å²) >= 11 is 8.09. The average Bonchev–Trinajstić information content (AvgIpc) is 3.18. The highest BCUT2D eigenvalue weighted by molar-refractivity contribution is 14.1. The Balaban J connectivity index is 1.87. The third-order valence-corrected chi connectivity index (χ3v) is 5.35. The highest BCUT2D eigenvalue weighted by Crippen LogP contribution is 2.46. The van der Waals surface area contributed by atoms with E-state index in [9.17, 15) is 9.18 Å². The molecule has 0 radical (unpaired) electrons. The van der Waals surface area contributed by atoms with E-state index in [1.54, 1.807) is 18.2 Å². The molecule has 2 aromatic carbocycles. The Morgan fingerprint density at radius 2 is 2.00 bits per heavy atom. The largest absolute Gasteiger partial charge is 0.279 e. The van der Waals surface area contributed by atoms with E-state index in [1.807, 2.05) is 40.8 Å². The second kappa shape index (κ2) is 5.56. The zero-order valence-corrected chi connectivity index (χ0v) is 14.8. The van der Waals surface area contributed by atoms with Crippen LogP contribution in [0.2, 0.25) is 0 Å². The number of hydrogen-bond donors (Lipinski definition) is 0. The molecule has 1 fully saturated rings. The van der Waals surface area contributed by atoms with Crippen LogP contribution in [0.15, 0.2) is 42.5 Å². The summed E-state index contributed by atoms with van der Waals surface area (Å²) in [5.74, 6) is -0.424. The maximum Gasteiger partial charge on any atom is 0.279 e. The van der Waals surface area contributed by atoms with Gasteiger partial charge in [0.1, 0.15) is 9.52 Å². The molecule has 1 heterocycles. The van der Waals surface area contributed by atoms with E-state index in [-0.39, 0.29) is 23.0 Å². The molecule has 116 valence electrons. The number of alkyl halides is 1. The lowest BCUT2D eigenvalue weighted by atomic mass is 10.0. The van der Waals surface area contributed by atoms with Crippen molar-refractivity contribution in [2.75, 3.05) is 0 Å². The standard InChI is InChI=1S/C17H11ClFIN2O/c18-12-8-11(12)9-4-1-2-5-10(9)17(23)22-14-7-3-6-13(19)15(14)16(20)21-22/h1-7,11-12H,8H2. The van der Waals surface area contributed by atoms with Crippen LogP contribution < -0.4 is 0 Å². The Labute approximate surface area is 150 Å². The van der Waals surface area contributed by atoms with Gasteiger partial charge in [0.15, 0.2) is 0 Å². The molecule has 4 rings (SSSR count). The number of hydrogen-bond acceptors (Lipinski definition) is 2. The summed E-state index contributed by atoms with van der Waals surface area (Å²) in [5, 5.41) is 4.70. The topological polar surface area (TPSA) is 34.9 Å². The number of carbonyl (C=O) groups is 1. The van der Waals surface area contributed by atoms with Crippen molar-refractivity contribution in [3.63, 3.8) is 0 Å². The monoisotopic (exact) mass is 440 g/mol. The average molecular weight is 441 g/mol. The van der Waals surface area contributed by atoms with Gasteiger partial charge < -0.3 is 0 Å². The van der Waals surface area contributed by atoms with Crippen molar-refractivity contribution >= 4 is 51.0 Å². The van der Waals surface area contributed by atoms with Gasteiger partial charge in [-0.1, -0.05) is 24.3 Å². The van der Waals surface area contributed by atoms with Gasteiger partial charge in [-0.05, 0) is 52.8 Å². The Hall–Kier alpha value is -1.47. The number of halogens is 3. The summed E-state index contributed by atoms with van der Waals surface area (Å²) in [7, 11) is 0. The van der Waals surface area contributed by atoms with Crippen molar-refractivity contribution in [3.05, 3.63) is 63.1 Å². The van der Waals surface area contributed by atoms with E-state index >= 15 is 0 Å². The first kappa shape index (κ1) is 15.1. The molecule has 1 saturated carbocycles. The number of carbonyl (C=O) groups excluding carboxylic acids is 1. The molecule has 2 unspecified atom stereocenters. The minimum atomic E-state index is -0.373. The zero-order chi connectivity index (χ0) is 16.1. The first-order valence-corrected chi connectivity index (χ1v) is 8.70. The van der Waals surface area contributed by atoms with Gasteiger partial charge in [0.25, 0.3) is 5.91 Å². The first-order valence-electron chi connectivity index (χ1n) is 7.18. The van der Waals surface area contributed by atoms with Gasteiger partial charge in [-0.25, -0.2) is 4.39 Å². The highest BCUT2D eigenvalue weighted by Gasteiger charge is 2.39. The van der Waals surface area contributed by atoms with Crippen molar-refractivity contribution in [2.45, 2.75) is 17.7 Å². The second-order valence-corrected chi connectivity index (χ2v) is 7.17. The molecular formula is C17H11ClFIN2O. The molecule has 3 nitrogen and oxygen atoms in total. The smallest absolute Gasteiger partial charge is 0.267 e. The fraction of sp³-hybridized carbons (Fsp3) is 0.176. The predicted molar refractivity (Wildman–Crippen MR) is 95.6 cm³/mol. The molecular weight excluding hydrogens is 430 g/mol. The molecule has 0 N–H and O–H groups in total. The summed E-state index contributed by atoms with van der Waals surface area (Å²) < 4.78 is 15.8. The quantitative estimate of drug-likeness (QED) is 0.432. The lowest BCUT2D eigenvalue weighted by Gasteiger charge is -2.08. The molecule has 0 saturated heterocycles. The maximum absolute atomic E-state index is 14.0. The molecule has 0 spiro atoms. The van der Waals surface area contributed by atoms with Gasteiger partial charge >= 0.3 is 0 Å². The first-order chi connectivity index (χ1) is 11.1. The van der Waals surface area contributed by atoms with Crippen LogP contribution in [-0.2, 0) is 0 Å². The van der Waals surface area contributed by atoms with Crippen LogP contribution in [0.5, 0.6) is 0 Å². The highest BCUT2D eigenvalue weighted by atomic mass is 127. The summed E-state index contributed by atoms with van der Waals surface area (Å²) in [6.45, 7) is 0. The van der Waals surface area contributed by atoms with E-state index in [0.29, 0.717) is 20.2 Å². The van der Waals surface area contributed by atoms with Gasteiger partial charge in [0, 0.05) is 16.9 Å². The normalized spacial score (nSPS) is 20.0. The van der Waals surface area contributed by atoms with Crippen LogP contribution >= 0.6 is 34.2 Å². The fourth-order valence-electron chi connectivity index (χ4n) is 2.85. The van der Waals surface area contributed by atoms with Gasteiger partial charge in [0.2, 0.25) is 0 Å². The summed E-state index contributed by atoms with van der Waals surface area (Å²) in [6.07, 6.45) is 0.873. The Kier molecular flexibility index (Phi) is 3.65. The third kappa shape index (κ3) is 2.46. The van der Waals surface area contributed by atoms with Gasteiger partial charge in [0.05, 0.1) is 10.9 Å². The number of aromatic nitrogens is 2. The van der Waals surface area contributed by atoms with Crippen molar-refractivity contribution in [2.24, 2.45) is 0 Å². The predicted octanol–water partition coefficient (Wildman–Crippen LogP) is 4.56. The lowest BCUT2D eigenvalue weighted by molar-refractivity contribution is 0.0949. The van der Waals surface area contributed by atoms with E-state index in [4.69, 9.17) is 11.6 Å². The van der Waals surface area contributed by atoms with E-state index in [1.165, 1.54) is 10.7 Å². The number of rotatable bonds is 2.